The Morgan fingerprint density at radius 2 is 1.26 bits per heavy atom. The van der Waals surface area contributed by atoms with E-state index >= 15 is 0 Å². The zero-order valence-corrected chi connectivity index (χ0v) is 26.3. The van der Waals surface area contributed by atoms with Crippen LogP contribution in [0.3, 0.4) is 0 Å². The summed E-state index contributed by atoms with van der Waals surface area (Å²) in [5.41, 5.74) is 1.25. The summed E-state index contributed by atoms with van der Waals surface area (Å²) in [7, 11) is 0. The highest BCUT2D eigenvalue weighted by Gasteiger charge is 2.27. The van der Waals surface area contributed by atoms with Gasteiger partial charge in [0.15, 0.2) is 0 Å². The van der Waals surface area contributed by atoms with E-state index in [1.807, 2.05) is 66.7 Å². The van der Waals surface area contributed by atoms with Crippen LogP contribution in [-0.4, -0.2) is 101 Å². The summed E-state index contributed by atoms with van der Waals surface area (Å²) in [6.07, 6.45) is 3.58. The molecule has 1 aromatic carbocycles. The highest BCUT2D eigenvalue weighted by Crippen LogP contribution is 2.23. The number of benzene rings is 1. The van der Waals surface area contributed by atoms with Crippen LogP contribution in [0.15, 0.2) is 85.2 Å². The number of piperazine rings is 2. The van der Waals surface area contributed by atoms with E-state index < -0.39 is 17.9 Å². The smallest absolute Gasteiger partial charge is 0.327 e. The molecular formula is C33H37N9O3S. The van der Waals surface area contributed by atoms with Gasteiger partial charge in [0.25, 0.3) is 5.91 Å². The Kier molecular flexibility index (Phi) is 10.1. The van der Waals surface area contributed by atoms with Crippen LogP contribution in [-0.2, 0) is 10.5 Å². The maximum absolute atomic E-state index is 13.6. The lowest BCUT2D eigenvalue weighted by atomic mass is 10.2. The summed E-state index contributed by atoms with van der Waals surface area (Å²) in [6.45, 7) is 5.65. The molecule has 0 radical (unpaired) electrons. The predicted octanol–water partition coefficient (Wildman–Crippen LogP) is 3.04. The number of hydrogen-bond donors (Lipinski definition) is 2. The van der Waals surface area contributed by atoms with E-state index in [0.717, 1.165) is 43.4 Å². The van der Waals surface area contributed by atoms with Gasteiger partial charge in [0.2, 0.25) is 5.95 Å². The van der Waals surface area contributed by atoms with Crippen LogP contribution in [0, 0.1) is 0 Å². The number of hydrogen-bond acceptors (Lipinski definition) is 11. The minimum atomic E-state index is -1.08. The summed E-state index contributed by atoms with van der Waals surface area (Å²) < 4.78 is 0. The van der Waals surface area contributed by atoms with Gasteiger partial charge in [0, 0.05) is 82.3 Å². The van der Waals surface area contributed by atoms with Crippen molar-refractivity contribution in [1.82, 2.24) is 25.3 Å². The van der Waals surface area contributed by atoms with Gasteiger partial charge in [0.05, 0.1) is 0 Å². The van der Waals surface area contributed by atoms with Crippen molar-refractivity contribution in [3.63, 3.8) is 0 Å². The van der Waals surface area contributed by atoms with Crippen molar-refractivity contribution in [1.29, 1.82) is 0 Å². The van der Waals surface area contributed by atoms with Crippen LogP contribution in [0.25, 0.3) is 0 Å². The summed E-state index contributed by atoms with van der Waals surface area (Å²) in [5.74, 6) is 2.22. The Bertz CT molecular complexity index is 1510. The average Bonchev–Trinajstić information content (AvgIpc) is 3.12. The summed E-state index contributed by atoms with van der Waals surface area (Å²) in [5, 5.41) is 12.6. The van der Waals surface area contributed by atoms with Crippen molar-refractivity contribution in [3.05, 3.63) is 96.4 Å². The lowest BCUT2D eigenvalue weighted by Crippen LogP contribution is -2.49. The molecule has 0 saturated carbocycles. The molecule has 6 rings (SSSR count). The van der Waals surface area contributed by atoms with E-state index in [9.17, 15) is 14.7 Å². The number of carboxylic acid groups (broad SMARTS) is 1. The van der Waals surface area contributed by atoms with Crippen LogP contribution in [0.4, 0.5) is 23.4 Å². The molecule has 2 saturated heterocycles. The number of anilines is 4. The number of amides is 1. The van der Waals surface area contributed by atoms with Crippen LogP contribution in [0.1, 0.15) is 16.1 Å². The van der Waals surface area contributed by atoms with E-state index in [4.69, 9.17) is 4.98 Å². The Morgan fingerprint density at radius 3 is 1.80 bits per heavy atom. The molecule has 46 heavy (non-hydrogen) atoms. The second-order valence-electron chi connectivity index (χ2n) is 11.1. The standard InChI is InChI=1S/C33H37N9O3S/c43-31(36-27(32(44)45)24-46-23-25-8-2-1-3-9-25)26-22-30(41-16-14-39(15-17-41)28-10-4-6-12-34-28)38-33(37-26)42-20-18-40(19-21-42)29-11-5-7-13-35-29/h1-13,22,27H,14-21,23-24H2,(H,36,43)(H,44,45)/t27-/m0/s1. The largest absolute Gasteiger partial charge is 0.480 e. The molecule has 2 aliphatic rings. The molecule has 0 spiro atoms. The molecule has 238 valence electrons. The monoisotopic (exact) mass is 639 g/mol. The maximum Gasteiger partial charge on any atom is 0.327 e. The normalized spacial score (nSPS) is 15.8. The number of carbonyl (C=O) groups is 2. The van der Waals surface area contributed by atoms with Crippen LogP contribution in [0.2, 0.25) is 0 Å². The number of pyridine rings is 2. The second-order valence-corrected chi connectivity index (χ2v) is 12.1. The fourth-order valence-corrected chi connectivity index (χ4v) is 6.51. The van der Waals surface area contributed by atoms with Crippen molar-refractivity contribution in [2.24, 2.45) is 0 Å². The van der Waals surface area contributed by atoms with Crippen molar-refractivity contribution < 1.29 is 14.7 Å². The first-order valence-corrected chi connectivity index (χ1v) is 16.6. The van der Waals surface area contributed by atoms with E-state index in [1.165, 1.54) is 11.8 Å². The zero-order chi connectivity index (χ0) is 31.7. The highest BCUT2D eigenvalue weighted by atomic mass is 32.2. The molecule has 1 amide bonds. The molecule has 0 bridgehead atoms. The lowest BCUT2D eigenvalue weighted by molar-refractivity contribution is -0.138. The zero-order valence-electron chi connectivity index (χ0n) is 25.5. The van der Waals surface area contributed by atoms with Crippen molar-refractivity contribution in [3.8, 4) is 0 Å². The van der Waals surface area contributed by atoms with Gasteiger partial charge in [0.1, 0.15) is 29.2 Å². The number of carboxylic acids is 1. The first-order valence-electron chi connectivity index (χ1n) is 15.4. The first-order chi connectivity index (χ1) is 22.5. The Hall–Kier alpha value is -4.91. The first kappa shape index (κ1) is 31.1. The quantitative estimate of drug-likeness (QED) is 0.250. The number of thioether (sulfide) groups is 1. The number of carbonyl (C=O) groups excluding carboxylic acids is 1. The summed E-state index contributed by atoms with van der Waals surface area (Å²) >= 11 is 1.46. The molecule has 0 aliphatic carbocycles. The van der Waals surface area contributed by atoms with E-state index in [1.54, 1.807) is 18.5 Å². The average molecular weight is 640 g/mol. The third kappa shape index (κ3) is 7.83. The minimum Gasteiger partial charge on any atom is -0.480 e. The van der Waals surface area contributed by atoms with E-state index in [-0.39, 0.29) is 11.4 Å². The maximum atomic E-state index is 13.6. The highest BCUT2D eigenvalue weighted by molar-refractivity contribution is 7.98. The van der Waals surface area contributed by atoms with Gasteiger partial charge in [-0.1, -0.05) is 42.5 Å². The molecule has 1 atom stereocenters. The third-order valence-electron chi connectivity index (χ3n) is 8.05. The van der Waals surface area contributed by atoms with Gasteiger partial charge in [-0.25, -0.2) is 19.7 Å². The topological polar surface area (TPSA) is 131 Å². The predicted molar refractivity (Wildman–Crippen MR) is 181 cm³/mol. The third-order valence-corrected chi connectivity index (χ3v) is 9.15. The molecule has 0 unspecified atom stereocenters. The van der Waals surface area contributed by atoms with Gasteiger partial charge in [-0.2, -0.15) is 16.7 Å². The number of aliphatic carboxylic acids is 1. The van der Waals surface area contributed by atoms with Gasteiger partial charge in [-0.3, -0.25) is 4.79 Å². The Labute approximate surface area is 272 Å². The molecule has 2 aliphatic heterocycles. The molecule has 5 heterocycles. The molecule has 4 aromatic rings. The van der Waals surface area contributed by atoms with Gasteiger partial charge in [-0.15, -0.1) is 0 Å². The molecule has 12 nitrogen and oxygen atoms in total. The Balaban J connectivity index is 1.18. The van der Waals surface area contributed by atoms with Crippen LogP contribution >= 0.6 is 11.8 Å². The van der Waals surface area contributed by atoms with Crippen LogP contribution in [0.5, 0.6) is 0 Å². The number of rotatable bonds is 11. The number of nitrogens with one attached hydrogen (secondary N) is 1. The van der Waals surface area contributed by atoms with E-state index in [2.05, 4.69) is 39.9 Å². The number of aromatic nitrogens is 4. The molecule has 2 fully saturated rings. The van der Waals surface area contributed by atoms with Crippen molar-refractivity contribution in [2.45, 2.75) is 11.8 Å². The molecule has 3 aromatic heterocycles. The van der Waals surface area contributed by atoms with E-state index in [0.29, 0.717) is 43.7 Å². The number of nitrogens with zero attached hydrogens (tertiary/aromatic N) is 8. The van der Waals surface area contributed by atoms with Crippen molar-refractivity contribution in [2.75, 3.05) is 77.7 Å². The van der Waals surface area contributed by atoms with Crippen LogP contribution < -0.4 is 24.9 Å². The van der Waals surface area contributed by atoms with Crippen molar-refractivity contribution >= 4 is 47.0 Å². The minimum absolute atomic E-state index is 0.152. The summed E-state index contributed by atoms with van der Waals surface area (Å²) in [4.78, 5) is 53.0. The van der Waals surface area contributed by atoms with Gasteiger partial charge >= 0.3 is 5.97 Å². The fraction of sp³-hybridized carbons (Fsp3) is 0.333. The fourth-order valence-electron chi connectivity index (χ4n) is 5.50. The second kappa shape index (κ2) is 14.9. The SMILES string of the molecule is O=C(N[C@@H](CSCc1ccccc1)C(=O)O)c1cc(N2CCN(c3ccccn3)CC2)nc(N2CCN(c3ccccn3)CC2)n1. The van der Waals surface area contributed by atoms with Gasteiger partial charge < -0.3 is 30.0 Å². The molecule has 13 heteroatoms. The molecular weight excluding hydrogens is 602 g/mol. The Morgan fingerprint density at radius 1 is 0.717 bits per heavy atom. The molecule has 2 N–H and O–H groups in total. The lowest BCUT2D eigenvalue weighted by Gasteiger charge is -2.37. The summed E-state index contributed by atoms with van der Waals surface area (Å²) in [6, 6.07) is 22.2. The van der Waals surface area contributed by atoms with Gasteiger partial charge in [-0.05, 0) is 29.8 Å².